The lowest BCUT2D eigenvalue weighted by molar-refractivity contribution is -0.120. The molecule has 3 aromatic rings. The zero-order valence-electron chi connectivity index (χ0n) is 17.5. The fourth-order valence-electron chi connectivity index (χ4n) is 4.60. The van der Waals surface area contributed by atoms with Crippen molar-refractivity contribution in [2.24, 2.45) is 0 Å². The molecule has 2 saturated heterocycles. The van der Waals surface area contributed by atoms with Crippen LogP contribution in [0.4, 0.5) is 11.1 Å². The molecule has 0 aliphatic carbocycles. The van der Waals surface area contributed by atoms with Gasteiger partial charge in [-0.2, -0.15) is 0 Å². The molecule has 0 saturated carbocycles. The van der Waals surface area contributed by atoms with Crippen LogP contribution in [-0.2, 0) is 11.2 Å². The summed E-state index contributed by atoms with van der Waals surface area (Å²) in [7, 11) is 0. The summed E-state index contributed by atoms with van der Waals surface area (Å²) in [6.07, 6.45) is 6.54. The van der Waals surface area contributed by atoms with Crippen LogP contribution in [0.3, 0.4) is 0 Å². The predicted molar refractivity (Wildman–Crippen MR) is 124 cm³/mol. The largest absolute Gasteiger partial charge is 0.342 e. The van der Waals surface area contributed by atoms with Crippen LogP contribution < -0.4 is 15.4 Å². The molecular formula is C23H27N5O2S. The van der Waals surface area contributed by atoms with E-state index in [1.165, 1.54) is 23.3 Å². The fraction of sp³-hybridized carbons (Fsp3) is 0.478. The molecule has 162 valence electrons. The quantitative estimate of drug-likeness (QED) is 0.635. The van der Waals surface area contributed by atoms with E-state index in [1.54, 1.807) is 0 Å². The number of H-pyrrole nitrogens is 1. The van der Waals surface area contributed by atoms with Gasteiger partial charge in [0.05, 0.1) is 6.04 Å². The van der Waals surface area contributed by atoms with Crippen LogP contribution in [-0.4, -0.2) is 46.4 Å². The zero-order chi connectivity index (χ0) is 21.2. The SMILES string of the molecule is O=C(CCc1ccccc1)[C@H]1CCCN1c1nc2c(=O)[nH]c(N3CCCCC3)nc2s1. The summed E-state index contributed by atoms with van der Waals surface area (Å²) in [5.41, 5.74) is 1.36. The summed E-state index contributed by atoms with van der Waals surface area (Å²) < 4.78 is 0. The molecule has 0 unspecified atom stereocenters. The number of aryl methyl sites for hydroxylation is 1. The van der Waals surface area contributed by atoms with Gasteiger partial charge in [0.15, 0.2) is 21.3 Å². The molecule has 2 aromatic heterocycles. The molecule has 4 heterocycles. The average molecular weight is 438 g/mol. The average Bonchev–Trinajstić information content (AvgIpc) is 3.46. The third-order valence-electron chi connectivity index (χ3n) is 6.27. The van der Waals surface area contributed by atoms with Crippen molar-refractivity contribution >= 4 is 38.5 Å². The number of carbonyl (C=O) groups excluding carboxylic acids is 1. The Hall–Kier alpha value is -2.74. The number of nitrogens with one attached hydrogen (secondary N) is 1. The number of benzene rings is 1. The third kappa shape index (κ3) is 4.21. The number of carbonyl (C=O) groups is 1. The van der Waals surface area contributed by atoms with Gasteiger partial charge in [0.25, 0.3) is 5.56 Å². The van der Waals surface area contributed by atoms with Gasteiger partial charge in [-0.3, -0.25) is 14.6 Å². The van der Waals surface area contributed by atoms with Gasteiger partial charge in [0.1, 0.15) is 0 Å². The minimum absolute atomic E-state index is 0.162. The Morgan fingerprint density at radius 1 is 1.06 bits per heavy atom. The van der Waals surface area contributed by atoms with E-state index in [0.29, 0.717) is 22.7 Å². The maximum atomic E-state index is 13.0. The summed E-state index contributed by atoms with van der Waals surface area (Å²) in [6, 6.07) is 9.96. The van der Waals surface area contributed by atoms with Crippen LogP contribution in [0.1, 0.15) is 44.1 Å². The normalized spacial score (nSPS) is 19.3. The number of ketones is 1. The lowest BCUT2D eigenvalue weighted by atomic mass is 10.0. The van der Waals surface area contributed by atoms with Crippen molar-refractivity contribution in [3.8, 4) is 0 Å². The van der Waals surface area contributed by atoms with Gasteiger partial charge < -0.3 is 9.80 Å². The standard InChI is InChI=1S/C23H27N5O2S/c29-18(12-11-16-8-3-1-4-9-16)17-10-7-15-28(17)23-24-19-20(30)25-22(26-21(19)31-23)27-13-5-2-6-14-27/h1,3-4,8-9,17H,2,5-7,10-15H2,(H,25,26,30)/t17-/m1/s1. The second-order valence-corrected chi connectivity index (χ2v) is 9.35. The van der Waals surface area contributed by atoms with Gasteiger partial charge in [0.2, 0.25) is 5.95 Å². The van der Waals surface area contributed by atoms with Crippen molar-refractivity contribution < 1.29 is 4.79 Å². The first-order chi connectivity index (χ1) is 15.2. The minimum atomic E-state index is -0.195. The highest BCUT2D eigenvalue weighted by Crippen LogP contribution is 2.33. The van der Waals surface area contributed by atoms with E-state index >= 15 is 0 Å². The van der Waals surface area contributed by atoms with E-state index in [-0.39, 0.29) is 17.4 Å². The Morgan fingerprint density at radius 3 is 2.68 bits per heavy atom. The summed E-state index contributed by atoms with van der Waals surface area (Å²) in [6.45, 7) is 2.63. The third-order valence-corrected chi connectivity index (χ3v) is 7.26. The number of fused-ring (bicyclic) bond motifs is 1. The first kappa shape index (κ1) is 20.2. The molecule has 31 heavy (non-hydrogen) atoms. The van der Waals surface area contributed by atoms with Gasteiger partial charge >= 0.3 is 0 Å². The predicted octanol–water partition coefficient (Wildman–Crippen LogP) is 3.54. The molecule has 0 bridgehead atoms. The van der Waals surface area contributed by atoms with Gasteiger partial charge in [0, 0.05) is 26.1 Å². The number of aromatic nitrogens is 3. The van der Waals surface area contributed by atoms with Crippen molar-refractivity contribution in [2.45, 2.75) is 51.0 Å². The lowest BCUT2D eigenvalue weighted by Gasteiger charge is -2.26. The van der Waals surface area contributed by atoms with Gasteiger partial charge in [-0.15, -0.1) is 0 Å². The molecule has 0 radical (unpaired) electrons. The van der Waals surface area contributed by atoms with Crippen molar-refractivity contribution in [3.05, 3.63) is 46.2 Å². The molecule has 5 rings (SSSR count). The molecule has 8 heteroatoms. The number of aromatic amines is 1. The molecule has 2 aliphatic heterocycles. The topological polar surface area (TPSA) is 82.2 Å². The monoisotopic (exact) mass is 437 g/mol. The highest BCUT2D eigenvalue weighted by molar-refractivity contribution is 7.21. The van der Waals surface area contributed by atoms with Crippen LogP contribution in [0.5, 0.6) is 0 Å². The zero-order valence-corrected chi connectivity index (χ0v) is 18.4. The Bertz CT molecular complexity index is 1120. The van der Waals surface area contributed by atoms with Crippen LogP contribution in [0.2, 0.25) is 0 Å². The number of rotatable bonds is 6. The maximum Gasteiger partial charge on any atom is 0.279 e. The second kappa shape index (κ2) is 8.78. The van der Waals surface area contributed by atoms with Crippen molar-refractivity contribution in [1.29, 1.82) is 0 Å². The second-order valence-electron chi connectivity index (χ2n) is 8.39. The number of thiazole rings is 1. The molecule has 1 aromatic carbocycles. The lowest BCUT2D eigenvalue weighted by Crippen LogP contribution is -2.36. The molecule has 1 N–H and O–H groups in total. The summed E-state index contributed by atoms with van der Waals surface area (Å²) in [5.74, 6) is 0.890. The molecule has 7 nitrogen and oxygen atoms in total. The number of Topliss-reactive ketones (excluding diaryl/α,β-unsaturated/α-hetero) is 1. The highest BCUT2D eigenvalue weighted by Gasteiger charge is 2.32. The number of hydrogen-bond donors (Lipinski definition) is 1. The van der Waals surface area contributed by atoms with Gasteiger partial charge in [-0.05, 0) is 44.1 Å². The summed E-state index contributed by atoms with van der Waals surface area (Å²) in [4.78, 5) is 42.8. The van der Waals surface area contributed by atoms with Crippen LogP contribution >= 0.6 is 11.3 Å². The number of hydrogen-bond acceptors (Lipinski definition) is 7. The Kier molecular flexibility index (Phi) is 5.72. The van der Waals surface area contributed by atoms with Crippen molar-refractivity contribution in [1.82, 2.24) is 15.0 Å². The Labute approximate surface area is 185 Å². The van der Waals surface area contributed by atoms with Crippen molar-refractivity contribution in [3.63, 3.8) is 0 Å². The van der Waals surface area contributed by atoms with Crippen LogP contribution in [0.15, 0.2) is 35.1 Å². The summed E-state index contributed by atoms with van der Waals surface area (Å²) >= 11 is 1.43. The first-order valence-electron chi connectivity index (χ1n) is 11.2. The van der Waals surface area contributed by atoms with Crippen LogP contribution in [0.25, 0.3) is 10.3 Å². The smallest absolute Gasteiger partial charge is 0.279 e. The molecule has 0 spiro atoms. The van der Waals surface area contributed by atoms with E-state index in [4.69, 9.17) is 4.98 Å². The van der Waals surface area contributed by atoms with E-state index < -0.39 is 0 Å². The van der Waals surface area contributed by atoms with E-state index in [0.717, 1.165) is 56.9 Å². The Morgan fingerprint density at radius 2 is 1.87 bits per heavy atom. The molecular weight excluding hydrogens is 410 g/mol. The molecule has 2 fully saturated rings. The van der Waals surface area contributed by atoms with E-state index in [2.05, 4.69) is 31.9 Å². The van der Waals surface area contributed by atoms with E-state index in [1.807, 2.05) is 18.2 Å². The highest BCUT2D eigenvalue weighted by atomic mass is 32.1. The molecule has 0 amide bonds. The molecule has 1 atom stereocenters. The molecule has 2 aliphatic rings. The van der Waals surface area contributed by atoms with Crippen LogP contribution in [0, 0.1) is 0 Å². The number of anilines is 2. The van der Waals surface area contributed by atoms with Gasteiger partial charge in [-0.25, -0.2) is 9.97 Å². The minimum Gasteiger partial charge on any atom is -0.342 e. The van der Waals surface area contributed by atoms with Crippen molar-refractivity contribution in [2.75, 3.05) is 29.4 Å². The number of piperidine rings is 1. The maximum absolute atomic E-state index is 13.0. The van der Waals surface area contributed by atoms with Gasteiger partial charge in [-0.1, -0.05) is 41.7 Å². The summed E-state index contributed by atoms with van der Waals surface area (Å²) in [5, 5.41) is 0.736. The number of nitrogens with zero attached hydrogens (tertiary/aromatic N) is 4. The van der Waals surface area contributed by atoms with E-state index in [9.17, 15) is 9.59 Å². The Balaban J connectivity index is 1.35. The first-order valence-corrected chi connectivity index (χ1v) is 12.0. The fourth-order valence-corrected chi connectivity index (χ4v) is 5.61.